The Morgan fingerprint density at radius 1 is 0.912 bits per heavy atom. The molecule has 0 heterocycles. The van der Waals surface area contributed by atoms with Gasteiger partial charge in [-0.05, 0) is 23.3 Å². The van der Waals surface area contributed by atoms with Crippen LogP contribution in [-0.4, -0.2) is 31.7 Å². The first-order valence-corrected chi connectivity index (χ1v) is 11.7. The SMILES string of the molecule is C=CCN(CC(=O)NC(c1ccccc1)c1ccccc1)S(=O)(=O)c1ccccc1C(F)(F)F. The molecule has 0 aliphatic heterocycles. The maximum atomic E-state index is 13.5. The summed E-state index contributed by atoms with van der Waals surface area (Å²) in [6.07, 6.45) is -3.66. The molecule has 0 saturated carbocycles. The number of hydrogen-bond donors (Lipinski definition) is 1. The van der Waals surface area contributed by atoms with E-state index in [1.807, 2.05) is 36.4 Å². The van der Waals surface area contributed by atoms with Crippen molar-refractivity contribution in [1.82, 2.24) is 9.62 Å². The number of carbonyl (C=O) groups excluding carboxylic acids is 1. The third kappa shape index (κ3) is 5.92. The fraction of sp³-hybridized carbons (Fsp3) is 0.160. The molecule has 1 N–H and O–H groups in total. The van der Waals surface area contributed by atoms with E-state index in [-0.39, 0.29) is 6.54 Å². The van der Waals surface area contributed by atoms with Crippen molar-refractivity contribution in [3.63, 3.8) is 0 Å². The van der Waals surface area contributed by atoms with Gasteiger partial charge in [0.25, 0.3) is 0 Å². The minimum Gasteiger partial charge on any atom is -0.344 e. The van der Waals surface area contributed by atoms with Crippen LogP contribution in [0.15, 0.2) is 102 Å². The van der Waals surface area contributed by atoms with Gasteiger partial charge in [0.05, 0.1) is 23.0 Å². The maximum Gasteiger partial charge on any atom is 0.417 e. The highest BCUT2D eigenvalue weighted by Crippen LogP contribution is 2.35. The highest BCUT2D eigenvalue weighted by Gasteiger charge is 2.39. The highest BCUT2D eigenvalue weighted by atomic mass is 32.2. The van der Waals surface area contributed by atoms with Gasteiger partial charge in [0, 0.05) is 6.54 Å². The van der Waals surface area contributed by atoms with Gasteiger partial charge in [-0.25, -0.2) is 8.42 Å². The number of hydrogen-bond acceptors (Lipinski definition) is 3. The van der Waals surface area contributed by atoms with Crippen LogP contribution >= 0.6 is 0 Å². The number of rotatable bonds is 9. The molecular formula is C25H23F3N2O3S. The first-order chi connectivity index (χ1) is 16.1. The number of sulfonamides is 1. The lowest BCUT2D eigenvalue weighted by Crippen LogP contribution is -2.42. The smallest absolute Gasteiger partial charge is 0.344 e. The molecule has 0 bridgehead atoms. The number of halogens is 3. The van der Waals surface area contributed by atoms with Gasteiger partial charge >= 0.3 is 6.18 Å². The molecule has 0 aromatic heterocycles. The van der Waals surface area contributed by atoms with Crippen LogP contribution in [0.2, 0.25) is 0 Å². The van der Waals surface area contributed by atoms with Crippen molar-refractivity contribution in [1.29, 1.82) is 0 Å². The minimum absolute atomic E-state index is 0.344. The lowest BCUT2D eigenvalue weighted by Gasteiger charge is -2.25. The van der Waals surface area contributed by atoms with Crippen molar-refractivity contribution >= 4 is 15.9 Å². The molecule has 1 amide bonds. The van der Waals surface area contributed by atoms with Crippen molar-refractivity contribution in [2.75, 3.05) is 13.1 Å². The van der Waals surface area contributed by atoms with Gasteiger partial charge in [0.2, 0.25) is 15.9 Å². The Bertz CT molecular complexity index is 1190. The second-order valence-corrected chi connectivity index (χ2v) is 9.31. The lowest BCUT2D eigenvalue weighted by molar-refractivity contribution is -0.139. The van der Waals surface area contributed by atoms with E-state index in [1.54, 1.807) is 24.3 Å². The molecule has 34 heavy (non-hydrogen) atoms. The Morgan fingerprint density at radius 3 is 1.91 bits per heavy atom. The van der Waals surface area contributed by atoms with E-state index in [2.05, 4.69) is 11.9 Å². The van der Waals surface area contributed by atoms with E-state index in [0.717, 1.165) is 23.3 Å². The Kier molecular flexibility index (Phi) is 7.90. The molecule has 178 valence electrons. The standard InChI is InChI=1S/C25H23F3N2O3S/c1-2-17-30(34(32,33)22-16-10-9-15-21(22)25(26,27)28)18-23(31)29-24(19-11-5-3-6-12-19)20-13-7-4-8-14-20/h2-16,24H,1,17-18H2,(H,29,31). The molecule has 5 nitrogen and oxygen atoms in total. The molecule has 3 aromatic carbocycles. The number of amides is 1. The quantitative estimate of drug-likeness (QED) is 0.441. The second kappa shape index (κ2) is 10.7. The largest absolute Gasteiger partial charge is 0.417 e. The summed E-state index contributed by atoms with van der Waals surface area (Å²) in [5, 5.41) is 2.81. The van der Waals surface area contributed by atoms with E-state index in [9.17, 15) is 26.4 Å². The van der Waals surface area contributed by atoms with Gasteiger partial charge in [-0.1, -0.05) is 78.9 Å². The molecule has 0 unspecified atom stereocenters. The zero-order valence-electron chi connectivity index (χ0n) is 18.1. The third-order valence-electron chi connectivity index (χ3n) is 5.03. The maximum absolute atomic E-state index is 13.5. The molecule has 3 rings (SSSR count). The highest BCUT2D eigenvalue weighted by molar-refractivity contribution is 7.89. The molecule has 0 aliphatic carbocycles. The molecule has 0 fully saturated rings. The topological polar surface area (TPSA) is 66.5 Å². The molecule has 0 saturated heterocycles. The Labute approximate surface area is 196 Å². The van der Waals surface area contributed by atoms with Crippen LogP contribution in [0.5, 0.6) is 0 Å². The van der Waals surface area contributed by atoms with E-state index in [4.69, 9.17) is 0 Å². The van der Waals surface area contributed by atoms with Crippen molar-refractivity contribution < 1.29 is 26.4 Å². The van der Waals surface area contributed by atoms with Gasteiger partial charge in [-0.3, -0.25) is 4.79 Å². The summed E-state index contributed by atoms with van der Waals surface area (Å²) in [4.78, 5) is 12.1. The van der Waals surface area contributed by atoms with E-state index in [0.29, 0.717) is 10.4 Å². The molecule has 0 radical (unpaired) electrons. The first-order valence-electron chi connectivity index (χ1n) is 10.3. The van der Waals surface area contributed by atoms with Crippen LogP contribution in [0, 0.1) is 0 Å². The summed E-state index contributed by atoms with van der Waals surface area (Å²) in [6.45, 7) is 2.45. The predicted molar refractivity (Wildman–Crippen MR) is 123 cm³/mol. The average molecular weight is 489 g/mol. The molecule has 0 aliphatic rings. The van der Waals surface area contributed by atoms with Crippen LogP contribution in [0.3, 0.4) is 0 Å². The second-order valence-electron chi connectivity index (χ2n) is 7.40. The number of nitrogens with zero attached hydrogens (tertiary/aromatic N) is 1. The molecule has 0 atom stereocenters. The molecular weight excluding hydrogens is 465 g/mol. The molecule has 9 heteroatoms. The van der Waals surface area contributed by atoms with Gasteiger partial charge in [-0.2, -0.15) is 17.5 Å². The number of carbonyl (C=O) groups is 1. The predicted octanol–water partition coefficient (Wildman–Crippen LogP) is 4.79. The van der Waals surface area contributed by atoms with Crippen LogP contribution < -0.4 is 5.32 Å². The zero-order chi connectivity index (χ0) is 24.8. The van der Waals surface area contributed by atoms with Crippen molar-refractivity contribution in [2.45, 2.75) is 17.1 Å². The summed E-state index contributed by atoms with van der Waals surface area (Å²) in [7, 11) is -4.66. The number of nitrogens with one attached hydrogen (secondary N) is 1. The van der Waals surface area contributed by atoms with Crippen molar-refractivity contribution in [3.05, 3.63) is 114 Å². The van der Waals surface area contributed by atoms with Crippen molar-refractivity contribution in [2.24, 2.45) is 0 Å². The fourth-order valence-electron chi connectivity index (χ4n) is 3.47. The van der Waals surface area contributed by atoms with Crippen LogP contribution in [-0.2, 0) is 21.0 Å². The summed E-state index contributed by atoms with van der Waals surface area (Å²) in [5.41, 5.74) is 0.237. The van der Waals surface area contributed by atoms with Gasteiger partial charge in [0.15, 0.2) is 0 Å². The van der Waals surface area contributed by atoms with Crippen molar-refractivity contribution in [3.8, 4) is 0 Å². The monoisotopic (exact) mass is 488 g/mol. The van der Waals surface area contributed by atoms with Crippen LogP contribution in [0.25, 0.3) is 0 Å². The molecule has 0 spiro atoms. The summed E-state index contributed by atoms with van der Waals surface area (Å²) in [5.74, 6) is -0.673. The van der Waals surface area contributed by atoms with E-state index in [1.165, 1.54) is 12.1 Å². The van der Waals surface area contributed by atoms with Crippen LogP contribution in [0.1, 0.15) is 22.7 Å². The normalized spacial score (nSPS) is 12.0. The van der Waals surface area contributed by atoms with Gasteiger partial charge in [-0.15, -0.1) is 6.58 Å². The lowest BCUT2D eigenvalue weighted by atomic mass is 9.99. The first kappa shape index (κ1) is 25.2. The number of alkyl halides is 3. The Balaban J connectivity index is 1.91. The summed E-state index contributed by atoms with van der Waals surface area (Å²) >= 11 is 0. The summed E-state index contributed by atoms with van der Waals surface area (Å²) in [6, 6.07) is 21.4. The van der Waals surface area contributed by atoms with Crippen LogP contribution in [0.4, 0.5) is 13.2 Å². The van der Waals surface area contributed by atoms with Gasteiger partial charge < -0.3 is 5.32 Å². The van der Waals surface area contributed by atoms with E-state index >= 15 is 0 Å². The summed E-state index contributed by atoms with van der Waals surface area (Å²) < 4.78 is 67.3. The number of benzene rings is 3. The Morgan fingerprint density at radius 2 is 1.41 bits per heavy atom. The third-order valence-corrected chi connectivity index (χ3v) is 6.90. The molecule has 3 aromatic rings. The Hall–Kier alpha value is -3.43. The fourth-order valence-corrected chi connectivity index (χ4v) is 5.05. The minimum atomic E-state index is -4.88. The van der Waals surface area contributed by atoms with Gasteiger partial charge in [0.1, 0.15) is 0 Å². The zero-order valence-corrected chi connectivity index (χ0v) is 18.9. The van der Waals surface area contributed by atoms with E-state index < -0.39 is 45.2 Å². The average Bonchev–Trinajstić information content (AvgIpc) is 2.83.